The third-order valence-electron chi connectivity index (χ3n) is 2.93. The van der Waals surface area contributed by atoms with Crippen LogP contribution in [0.5, 0.6) is 0 Å². The lowest BCUT2D eigenvalue weighted by atomic mass is 10.1. The van der Waals surface area contributed by atoms with Crippen molar-refractivity contribution in [1.29, 1.82) is 0 Å². The average Bonchev–Trinajstić information content (AvgIpc) is 2.91. The Labute approximate surface area is 112 Å². The van der Waals surface area contributed by atoms with Crippen molar-refractivity contribution < 1.29 is 4.79 Å². The number of aromatic nitrogens is 2. The van der Waals surface area contributed by atoms with Gasteiger partial charge in [-0.15, -0.1) is 0 Å². The summed E-state index contributed by atoms with van der Waals surface area (Å²) >= 11 is 0. The normalized spacial score (nSPS) is 12.1. The molecule has 1 atom stereocenters. The molecule has 0 aliphatic carbocycles. The van der Waals surface area contributed by atoms with E-state index in [4.69, 9.17) is 5.73 Å². The van der Waals surface area contributed by atoms with Crippen LogP contribution in [-0.4, -0.2) is 33.9 Å². The van der Waals surface area contributed by atoms with Crippen molar-refractivity contribution in [1.82, 2.24) is 14.9 Å². The Morgan fingerprint density at radius 2 is 2.16 bits per heavy atom. The zero-order chi connectivity index (χ0) is 13.7. The Morgan fingerprint density at radius 3 is 2.79 bits per heavy atom. The molecule has 0 aliphatic heterocycles. The van der Waals surface area contributed by atoms with Gasteiger partial charge in [0.2, 0.25) is 5.91 Å². The molecule has 0 saturated heterocycles. The highest BCUT2D eigenvalue weighted by Gasteiger charge is 2.18. The number of nitrogens with zero attached hydrogens (tertiary/aromatic N) is 2. The monoisotopic (exact) mass is 258 g/mol. The number of imidazole rings is 1. The van der Waals surface area contributed by atoms with Gasteiger partial charge in [-0.25, -0.2) is 4.98 Å². The summed E-state index contributed by atoms with van der Waals surface area (Å²) in [5.74, 6) is 0.669. The minimum absolute atomic E-state index is 0.0831. The van der Waals surface area contributed by atoms with Crippen LogP contribution in [0.4, 0.5) is 0 Å². The van der Waals surface area contributed by atoms with Crippen molar-refractivity contribution in [3.8, 4) is 0 Å². The average molecular weight is 258 g/mol. The van der Waals surface area contributed by atoms with E-state index in [1.807, 2.05) is 30.3 Å². The van der Waals surface area contributed by atoms with E-state index in [1.165, 1.54) is 0 Å². The van der Waals surface area contributed by atoms with Crippen molar-refractivity contribution in [2.45, 2.75) is 19.0 Å². The molecular weight excluding hydrogens is 240 g/mol. The van der Waals surface area contributed by atoms with E-state index in [9.17, 15) is 4.79 Å². The maximum Gasteiger partial charge on any atom is 0.239 e. The second kappa shape index (κ2) is 6.15. The fourth-order valence-electron chi connectivity index (χ4n) is 1.93. The molecule has 5 heteroatoms. The van der Waals surface area contributed by atoms with Gasteiger partial charge in [0.05, 0.1) is 12.6 Å². The molecule has 1 aromatic heterocycles. The number of carbonyl (C=O) groups is 1. The second-order valence-electron chi connectivity index (χ2n) is 4.53. The van der Waals surface area contributed by atoms with Crippen molar-refractivity contribution in [2.24, 2.45) is 5.73 Å². The van der Waals surface area contributed by atoms with Crippen molar-refractivity contribution in [2.75, 3.05) is 7.05 Å². The van der Waals surface area contributed by atoms with E-state index < -0.39 is 6.04 Å². The largest absolute Gasteiger partial charge is 0.347 e. The third kappa shape index (κ3) is 3.66. The number of nitrogens with one attached hydrogen (secondary N) is 1. The number of H-pyrrole nitrogens is 1. The van der Waals surface area contributed by atoms with E-state index in [0.717, 1.165) is 11.4 Å². The molecule has 1 heterocycles. The van der Waals surface area contributed by atoms with Crippen LogP contribution in [0.2, 0.25) is 0 Å². The van der Waals surface area contributed by atoms with E-state index >= 15 is 0 Å². The number of carbonyl (C=O) groups excluding carboxylic acids is 1. The van der Waals surface area contributed by atoms with Crippen LogP contribution in [0.15, 0.2) is 42.7 Å². The van der Waals surface area contributed by atoms with Crippen LogP contribution < -0.4 is 5.73 Å². The molecule has 19 heavy (non-hydrogen) atoms. The van der Waals surface area contributed by atoms with E-state index in [-0.39, 0.29) is 5.91 Å². The number of nitrogens with two attached hydrogens (primary N) is 1. The first-order chi connectivity index (χ1) is 9.16. The molecule has 3 N–H and O–H groups in total. The predicted molar refractivity (Wildman–Crippen MR) is 73.2 cm³/mol. The molecule has 1 aromatic carbocycles. The van der Waals surface area contributed by atoms with Crippen molar-refractivity contribution in [3.63, 3.8) is 0 Å². The summed E-state index contributed by atoms with van der Waals surface area (Å²) in [5.41, 5.74) is 7.02. The number of likely N-dealkylation sites (N-methyl/N-ethyl adjacent to an activating group) is 1. The fraction of sp³-hybridized carbons (Fsp3) is 0.286. The molecule has 0 spiro atoms. The topological polar surface area (TPSA) is 75.0 Å². The summed E-state index contributed by atoms with van der Waals surface area (Å²) in [5, 5.41) is 0. The molecule has 0 aliphatic rings. The van der Waals surface area contributed by atoms with Gasteiger partial charge < -0.3 is 15.6 Å². The number of rotatable bonds is 5. The molecule has 0 radical (unpaired) electrons. The van der Waals surface area contributed by atoms with Gasteiger partial charge in [0, 0.05) is 19.4 Å². The van der Waals surface area contributed by atoms with Gasteiger partial charge in [0.25, 0.3) is 0 Å². The van der Waals surface area contributed by atoms with Gasteiger partial charge >= 0.3 is 0 Å². The molecule has 0 unspecified atom stereocenters. The molecular formula is C14H18N4O. The van der Waals surface area contributed by atoms with Gasteiger partial charge in [-0.2, -0.15) is 0 Å². The maximum atomic E-state index is 12.1. The van der Waals surface area contributed by atoms with Gasteiger partial charge in [-0.05, 0) is 12.0 Å². The van der Waals surface area contributed by atoms with Crippen molar-refractivity contribution >= 4 is 5.91 Å². The zero-order valence-corrected chi connectivity index (χ0v) is 10.9. The lowest BCUT2D eigenvalue weighted by Gasteiger charge is -2.20. The van der Waals surface area contributed by atoms with Gasteiger partial charge in [-0.1, -0.05) is 30.3 Å². The number of benzene rings is 1. The van der Waals surface area contributed by atoms with E-state index in [0.29, 0.717) is 13.0 Å². The lowest BCUT2D eigenvalue weighted by molar-refractivity contribution is -0.131. The minimum Gasteiger partial charge on any atom is -0.347 e. The molecule has 0 bridgehead atoms. The highest BCUT2D eigenvalue weighted by Crippen LogP contribution is 2.05. The fourth-order valence-corrected chi connectivity index (χ4v) is 1.93. The Morgan fingerprint density at radius 1 is 1.42 bits per heavy atom. The van der Waals surface area contributed by atoms with Gasteiger partial charge in [0.15, 0.2) is 0 Å². The second-order valence-corrected chi connectivity index (χ2v) is 4.53. The Bertz CT molecular complexity index is 510. The minimum atomic E-state index is -0.526. The van der Waals surface area contributed by atoms with E-state index in [2.05, 4.69) is 9.97 Å². The van der Waals surface area contributed by atoms with Gasteiger partial charge in [0.1, 0.15) is 5.82 Å². The summed E-state index contributed by atoms with van der Waals surface area (Å²) in [6.45, 7) is 0.439. The Hall–Kier alpha value is -2.14. The number of hydrogen-bond donors (Lipinski definition) is 2. The summed E-state index contributed by atoms with van der Waals surface area (Å²) in [7, 11) is 1.73. The highest BCUT2D eigenvalue weighted by molar-refractivity contribution is 5.81. The number of amides is 1. The molecule has 0 saturated carbocycles. The lowest BCUT2D eigenvalue weighted by Crippen LogP contribution is -2.42. The quantitative estimate of drug-likeness (QED) is 0.838. The van der Waals surface area contributed by atoms with Crippen LogP contribution in [0, 0.1) is 0 Å². The summed E-state index contributed by atoms with van der Waals surface area (Å²) in [6.07, 6.45) is 3.94. The summed E-state index contributed by atoms with van der Waals surface area (Å²) in [6, 6.07) is 9.25. The molecule has 1 amide bonds. The first kappa shape index (κ1) is 13.3. The summed E-state index contributed by atoms with van der Waals surface area (Å²) < 4.78 is 0. The standard InChI is InChI=1S/C14H18N4O/c1-18(10-13-16-7-8-17-13)14(19)12(15)9-11-5-3-2-4-6-11/h2-8,12H,9-10,15H2,1H3,(H,16,17)/t12-/m1/s1. The first-order valence-electron chi connectivity index (χ1n) is 6.19. The Balaban J connectivity index is 1.91. The molecule has 0 fully saturated rings. The summed E-state index contributed by atoms with van der Waals surface area (Å²) in [4.78, 5) is 20.8. The Kier molecular flexibility index (Phi) is 4.30. The SMILES string of the molecule is CN(Cc1ncc[nH]1)C(=O)[C@H](N)Cc1ccccc1. The van der Waals surface area contributed by atoms with Crippen LogP contribution in [0.25, 0.3) is 0 Å². The van der Waals surface area contributed by atoms with Crippen LogP contribution in [-0.2, 0) is 17.8 Å². The maximum absolute atomic E-state index is 12.1. The van der Waals surface area contributed by atoms with E-state index in [1.54, 1.807) is 24.3 Å². The highest BCUT2D eigenvalue weighted by atomic mass is 16.2. The molecule has 100 valence electrons. The number of hydrogen-bond acceptors (Lipinski definition) is 3. The van der Waals surface area contributed by atoms with Crippen molar-refractivity contribution in [3.05, 3.63) is 54.1 Å². The molecule has 2 aromatic rings. The number of aromatic amines is 1. The smallest absolute Gasteiger partial charge is 0.239 e. The van der Waals surface area contributed by atoms with Crippen LogP contribution in [0.3, 0.4) is 0 Å². The molecule has 5 nitrogen and oxygen atoms in total. The zero-order valence-electron chi connectivity index (χ0n) is 10.9. The molecule has 2 rings (SSSR count). The van der Waals surface area contributed by atoms with Gasteiger partial charge in [-0.3, -0.25) is 4.79 Å². The predicted octanol–water partition coefficient (Wildman–Crippen LogP) is 0.938. The third-order valence-corrected chi connectivity index (χ3v) is 2.93. The van der Waals surface area contributed by atoms with Crippen LogP contribution in [0.1, 0.15) is 11.4 Å². The van der Waals surface area contributed by atoms with Crippen LogP contribution >= 0.6 is 0 Å². The first-order valence-corrected chi connectivity index (χ1v) is 6.19.